The second kappa shape index (κ2) is 4.39. The number of fused-ring (bicyclic) bond motifs is 1. The van der Waals surface area contributed by atoms with Crippen molar-refractivity contribution < 1.29 is 4.42 Å². The zero-order chi connectivity index (χ0) is 13.2. The normalized spacial score (nSPS) is 10.3. The molecule has 0 bridgehead atoms. The third kappa shape index (κ3) is 1.87. The van der Waals surface area contributed by atoms with Gasteiger partial charge >= 0.3 is 0 Å². The average molecular weight is 248 g/mol. The Hall–Kier alpha value is -2.93. The van der Waals surface area contributed by atoms with Gasteiger partial charge < -0.3 is 4.42 Å². The Bertz CT molecular complexity index is 860. The monoisotopic (exact) mass is 248 g/mol. The van der Waals surface area contributed by atoms with E-state index in [0.29, 0.717) is 22.1 Å². The predicted molar refractivity (Wildman–Crippen MR) is 70.4 cm³/mol. The highest BCUT2D eigenvalue weighted by Crippen LogP contribution is 2.22. The molecule has 0 spiro atoms. The van der Waals surface area contributed by atoms with Gasteiger partial charge in [0.25, 0.3) is 5.56 Å². The van der Waals surface area contributed by atoms with Crippen LogP contribution >= 0.6 is 0 Å². The van der Waals surface area contributed by atoms with Crippen LogP contribution in [0.5, 0.6) is 0 Å². The maximum Gasteiger partial charge on any atom is 0.284 e. The summed E-state index contributed by atoms with van der Waals surface area (Å²) in [6.07, 6.45) is 0. The van der Waals surface area contributed by atoms with E-state index in [-0.39, 0.29) is 11.4 Å². The number of hydrogen-bond acceptors (Lipinski definition) is 4. The first kappa shape index (κ1) is 11.2. The minimum atomic E-state index is -0.357. The Morgan fingerprint density at radius 3 is 2.63 bits per heavy atom. The van der Waals surface area contributed by atoms with E-state index < -0.39 is 0 Å². The van der Waals surface area contributed by atoms with E-state index in [0.717, 1.165) is 0 Å². The molecule has 0 atom stereocenters. The fourth-order valence-corrected chi connectivity index (χ4v) is 1.89. The molecule has 0 aliphatic rings. The molecule has 0 amide bonds. The Morgan fingerprint density at radius 1 is 1.05 bits per heavy atom. The Morgan fingerprint density at radius 2 is 1.79 bits per heavy atom. The second-order valence-electron chi connectivity index (χ2n) is 3.98. The molecule has 0 aliphatic carbocycles. The van der Waals surface area contributed by atoms with Crippen LogP contribution in [0.3, 0.4) is 0 Å². The summed E-state index contributed by atoms with van der Waals surface area (Å²) in [6.45, 7) is 0. The molecule has 0 unspecified atom stereocenters. The number of aromatic nitrogens is 1. The number of benzene rings is 2. The molecule has 1 heterocycles. The summed E-state index contributed by atoms with van der Waals surface area (Å²) in [5.41, 5.74) is 1.05. The van der Waals surface area contributed by atoms with Gasteiger partial charge in [-0.25, -0.2) is 0 Å². The van der Waals surface area contributed by atoms with Gasteiger partial charge in [-0.2, -0.15) is 10.2 Å². The number of nitrogens with zero attached hydrogens (tertiary/aromatic N) is 2. The Labute approximate surface area is 108 Å². The lowest BCUT2D eigenvalue weighted by Crippen LogP contribution is -2.07. The molecule has 0 aliphatic heterocycles. The lowest BCUT2D eigenvalue weighted by atomic mass is 10.1. The maximum absolute atomic E-state index is 11.9. The topological polar surface area (TPSA) is 66.9 Å². The molecule has 3 rings (SSSR count). The number of para-hydroxylation sites is 1. The van der Waals surface area contributed by atoms with E-state index in [4.69, 9.17) is 9.68 Å². The van der Waals surface area contributed by atoms with Crippen molar-refractivity contribution in [2.75, 3.05) is 0 Å². The van der Waals surface area contributed by atoms with Crippen molar-refractivity contribution in [3.63, 3.8) is 0 Å². The molecule has 0 saturated carbocycles. The van der Waals surface area contributed by atoms with Gasteiger partial charge in [0.15, 0.2) is 0 Å². The molecule has 4 heteroatoms. The highest BCUT2D eigenvalue weighted by molar-refractivity contribution is 5.77. The van der Waals surface area contributed by atoms with Crippen molar-refractivity contribution in [2.45, 2.75) is 0 Å². The van der Waals surface area contributed by atoms with Crippen molar-refractivity contribution in [3.05, 3.63) is 64.4 Å². The maximum atomic E-state index is 11.9. The van der Waals surface area contributed by atoms with Crippen LogP contribution in [0.25, 0.3) is 22.4 Å². The van der Waals surface area contributed by atoms with Crippen LogP contribution in [0.15, 0.2) is 57.7 Å². The van der Waals surface area contributed by atoms with Crippen molar-refractivity contribution in [1.82, 2.24) is 4.98 Å². The molecule has 4 nitrogen and oxygen atoms in total. The van der Waals surface area contributed by atoms with Crippen LogP contribution in [-0.4, -0.2) is 4.98 Å². The van der Waals surface area contributed by atoms with Crippen molar-refractivity contribution in [3.8, 4) is 17.5 Å². The van der Waals surface area contributed by atoms with E-state index in [1.807, 2.05) is 0 Å². The standard InChI is InChI=1S/C15H8N2O2/c16-9-10-5-1-2-6-11(10)15-17-14(18)12-7-3-4-8-13(12)19-15/h1-8H. The van der Waals surface area contributed by atoms with Gasteiger partial charge in [-0.1, -0.05) is 24.3 Å². The fourth-order valence-electron chi connectivity index (χ4n) is 1.89. The zero-order valence-electron chi connectivity index (χ0n) is 9.83. The quantitative estimate of drug-likeness (QED) is 0.664. The van der Waals surface area contributed by atoms with E-state index in [1.165, 1.54) is 0 Å². The van der Waals surface area contributed by atoms with Gasteiger partial charge in [0.2, 0.25) is 5.89 Å². The predicted octanol–water partition coefficient (Wildman–Crippen LogP) is 2.73. The number of rotatable bonds is 1. The van der Waals surface area contributed by atoms with Crippen LogP contribution in [0.4, 0.5) is 0 Å². The van der Waals surface area contributed by atoms with Crippen LogP contribution in [-0.2, 0) is 0 Å². The van der Waals surface area contributed by atoms with Gasteiger partial charge in [-0.3, -0.25) is 4.79 Å². The Balaban J connectivity index is 2.33. The summed E-state index contributed by atoms with van der Waals surface area (Å²) < 4.78 is 5.61. The lowest BCUT2D eigenvalue weighted by Gasteiger charge is -2.03. The second-order valence-corrected chi connectivity index (χ2v) is 3.98. The lowest BCUT2D eigenvalue weighted by molar-refractivity contribution is 0.595. The van der Waals surface area contributed by atoms with Gasteiger partial charge in [-0.05, 0) is 24.3 Å². The van der Waals surface area contributed by atoms with Crippen molar-refractivity contribution in [2.24, 2.45) is 0 Å². The van der Waals surface area contributed by atoms with Crippen LogP contribution < -0.4 is 5.56 Å². The third-order valence-electron chi connectivity index (χ3n) is 2.81. The van der Waals surface area contributed by atoms with Crippen molar-refractivity contribution in [1.29, 1.82) is 5.26 Å². The van der Waals surface area contributed by atoms with Gasteiger partial charge in [0, 0.05) is 0 Å². The molecule has 0 saturated heterocycles. The smallest absolute Gasteiger partial charge is 0.284 e. The first-order valence-corrected chi connectivity index (χ1v) is 5.69. The minimum Gasteiger partial charge on any atom is -0.437 e. The molecule has 3 aromatic rings. The first-order chi connectivity index (χ1) is 9.29. The highest BCUT2D eigenvalue weighted by Gasteiger charge is 2.11. The van der Waals surface area contributed by atoms with Gasteiger partial charge in [0.05, 0.1) is 22.6 Å². The van der Waals surface area contributed by atoms with Crippen LogP contribution in [0, 0.1) is 11.3 Å². The van der Waals surface area contributed by atoms with Crippen LogP contribution in [0.1, 0.15) is 5.56 Å². The molecule has 0 N–H and O–H groups in total. The molecular weight excluding hydrogens is 240 g/mol. The number of nitriles is 1. The average Bonchev–Trinajstić information content (AvgIpc) is 2.47. The largest absolute Gasteiger partial charge is 0.437 e. The molecule has 2 aromatic carbocycles. The summed E-state index contributed by atoms with van der Waals surface area (Å²) in [5.74, 6) is 0.167. The molecule has 19 heavy (non-hydrogen) atoms. The van der Waals surface area contributed by atoms with E-state index in [2.05, 4.69) is 11.1 Å². The third-order valence-corrected chi connectivity index (χ3v) is 2.81. The summed E-state index contributed by atoms with van der Waals surface area (Å²) in [6, 6.07) is 15.9. The molecule has 90 valence electrons. The van der Waals surface area contributed by atoms with Gasteiger partial charge in [0.1, 0.15) is 5.58 Å². The fraction of sp³-hybridized carbons (Fsp3) is 0. The highest BCUT2D eigenvalue weighted by atomic mass is 16.3. The Kier molecular flexibility index (Phi) is 2.58. The summed E-state index contributed by atoms with van der Waals surface area (Å²) in [7, 11) is 0. The number of hydrogen-bond donors (Lipinski definition) is 0. The van der Waals surface area contributed by atoms with E-state index >= 15 is 0 Å². The molecule has 1 aromatic heterocycles. The SMILES string of the molecule is N#Cc1ccccc1-c1nc(=O)c2ccccc2o1. The summed E-state index contributed by atoms with van der Waals surface area (Å²) >= 11 is 0. The zero-order valence-corrected chi connectivity index (χ0v) is 9.83. The first-order valence-electron chi connectivity index (χ1n) is 5.69. The van der Waals surface area contributed by atoms with E-state index in [1.54, 1.807) is 48.5 Å². The molecule has 0 fully saturated rings. The van der Waals surface area contributed by atoms with Crippen LogP contribution in [0.2, 0.25) is 0 Å². The summed E-state index contributed by atoms with van der Waals surface area (Å²) in [4.78, 5) is 15.8. The minimum absolute atomic E-state index is 0.167. The summed E-state index contributed by atoms with van der Waals surface area (Å²) in [5, 5.41) is 9.50. The van der Waals surface area contributed by atoms with E-state index in [9.17, 15) is 4.79 Å². The molecular formula is C15H8N2O2. The van der Waals surface area contributed by atoms with Gasteiger partial charge in [-0.15, -0.1) is 0 Å². The molecule has 0 radical (unpaired) electrons. The van der Waals surface area contributed by atoms with Crippen molar-refractivity contribution >= 4 is 11.0 Å².